The van der Waals surface area contributed by atoms with E-state index in [1.54, 1.807) is 0 Å². The van der Waals surface area contributed by atoms with Gasteiger partial charge in [-0.1, -0.05) is 0 Å². The number of nitrogens with two attached hydrogens (primary N) is 1. The van der Waals surface area contributed by atoms with Gasteiger partial charge in [0.15, 0.2) is 5.13 Å². The molecule has 3 N–H and O–H groups in total. The van der Waals surface area contributed by atoms with Gasteiger partial charge in [0.2, 0.25) is 11.8 Å². The van der Waals surface area contributed by atoms with Crippen LogP contribution in [0.3, 0.4) is 0 Å². The normalized spacial score (nSPS) is 24.7. The molecule has 2 aliphatic heterocycles. The van der Waals surface area contributed by atoms with Crippen molar-refractivity contribution < 1.29 is 9.59 Å². The number of likely N-dealkylation sites (tertiary alicyclic amines) is 1. The van der Waals surface area contributed by atoms with Crippen LogP contribution in [-0.2, 0) is 16.0 Å². The maximum Gasteiger partial charge on any atom is 0.227 e. The molecule has 8 nitrogen and oxygen atoms in total. The van der Waals surface area contributed by atoms with Gasteiger partial charge < -0.3 is 25.8 Å². The van der Waals surface area contributed by atoms with Crippen LogP contribution < -0.4 is 11.1 Å². The maximum atomic E-state index is 13.1. The van der Waals surface area contributed by atoms with Crippen molar-refractivity contribution in [2.75, 3.05) is 59.1 Å². The lowest BCUT2D eigenvalue weighted by molar-refractivity contribution is -0.136. The van der Waals surface area contributed by atoms with Crippen molar-refractivity contribution in [1.29, 1.82) is 0 Å². The lowest BCUT2D eigenvalue weighted by Gasteiger charge is -2.27. The van der Waals surface area contributed by atoms with Gasteiger partial charge >= 0.3 is 0 Å². The average Bonchev–Trinajstić information content (AvgIpc) is 2.86. The third-order valence-corrected chi connectivity index (χ3v) is 6.57. The van der Waals surface area contributed by atoms with Gasteiger partial charge in [0.1, 0.15) is 0 Å². The highest BCUT2D eigenvalue weighted by Crippen LogP contribution is 2.20. The first-order valence-electron chi connectivity index (χ1n) is 10.6. The van der Waals surface area contributed by atoms with Crippen LogP contribution in [0.1, 0.15) is 31.4 Å². The molecule has 3 heterocycles. The first-order chi connectivity index (χ1) is 13.9. The van der Waals surface area contributed by atoms with Crippen molar-refractivity contribution in [3.63, 3.8) is 0 Å². The van der Waals surface area contributed by atoms with Gasteiger partial charge in [-0.3, -0.25) is 9.59 Å². The monoisotopic (exact) mass is 422 g/mol. The van der Waals surface area contributed by atoms with E-state index in [1.165, 1.54) is 11.3 Å². The standard InChI is InChI=1S/C20H34N6O2S/c1-24-8-3-9-26(11-10-24)19(28)15-4-5-16(13-25(2)12-15)22-18(27)7-6-17-14-29-20(21)23-17/h14-16H,3-13H2,1-2H3,(H2,21,23)(H,22,27)/t15-,16+/m1/s1. The minimum Gasteiger partial charge on any atom is -0.375 e. The van der Waals surface area contributed by atoms with E-state index in [0.29, 0.717) is 18.0 Å². The van der Waals surface area contributed by atoms with Crippen LogP contribution in [0.5, 0.6) is 0 Å². The summed E-state index contributed by atoms with van der Waals surface area (Å²) in [5.41, 5.74) is 6.51. The van der Waals surface area contributed by atoms with E-state index in [-0.39, 0.29) is 23.8 Å². The second-order valence-electron chi connectivity index (χ2n) is 8.42. The second kappa shape index (κ2) is 10.4. The number of carbonyl (C=O) groups is 2. The smallest absolute Gasteiger partial charge is 0.227 e. The second-order valence-corrected chi connectivity index (χ2v) is 9.31. The van der Waals surface area contributed by atoms with Gasteiger partial charge in [-0.05, 0) is 46.3 Å². The quantitative estimate of drug-likeness (QED) is 0.724. The molecule has 2 fully saturated rings. The molecule has 0 saturated carbocycles. The number of thiazole rings is 1. The molecule has 0 bridgehead atoms. The van der Waals surface area contributed by atoms with Gasteiger partial charge in [-0.2, -0.15) is 0 Å². The number of aryl methyl sites for hydroxylation is 1. The van der Waals surface area contributed by atoms with E-state index in [2.05, 4.69) is 27.1 Å². The van der Waals surface area contributed by atoms with Crippen LogP contribution in [0.2, 0.25) is 0 Å². The Morgan fingerprint density at radius 1 is 1.17 bits per heavy atom. The number of rotatable bonds is 5. The largest absolute Gasteiger partial charge is 0.375 e. The fourth-order valence-corrected chi connectivity index (χ4v) is 4.83. The maximum absolute atomic E-state index is 13.1. The molecule has 0 unspecified atom stereocenters. The molecule has 2 saturated heterocycles. The number of hydrogen-bond acceptors (Lipinski definition) is 7. The van der Waals surface area contributed by atoms with Gasteiger partial charge in [0, 0.05) is 50.6 Å². The Balaban J connectivity index is 1.47. The molecule has 0 aliphatic carbocycles. The highest BCUT2D eigenvalue weighted by molar-refractivity contribution is 7.13. The predicted molar refractivity (Wildman–Crippen MR) is 116 cm³/mol. The Labute approximate surface area is 177 Å². The van der Waals surface area contributed by atoms with E-state index in [1.807, 2.05) is 17.3 Å². The lowest BCUT2D eigenvalue weighted by atomic mass is 10.00. The van der Waals surface area contributed by atoms with Crippen molar-refractivity contribution in [3.05, 3.63) is 11.1 Å². The minimum atomic E-state index is 0.0169. The number of aromatic nitrogens is 1. The zero-order chi connectivity index (χ0) is 20.8. The third-order valence-electron chi connectivity index (χ3n) is 5.85. The zero-order valence-electron chi connectivity index (χ0n) is 17.6. The minimum absolute atomic E-state index is 0.0169. The number of anilines is 1. The number of nitrogens with zero attached hydrogens (tertiary/aromatic N) is 4. The Morgan fingerprint density at radius 3 is 2.76 bits per heavy atom. The number of likely N-dealkylation sites (N-methyl/N-ethyl adjacent to an activating group) is 2. The predicted octanol–water partition coefficient (Wildman–Crippen LogP) is 0.649. The molecule has 0 radical (unpaired) electrons. The summed E-state index contributed by atoms with van der Waals surface area (Å²) < 4.78 is 0. The molecule has 3 rings (SSSR count). The molecular weight excluding hydrogens is 388 g/mol. The summed E-state index contributed by atoms with van der Waals surface area (Å²) in [6.45, 7) is 5.20. The molecule has 29 heavy (non-hydrogen) atoms. The summed E-state index contributed by atoms with van der Waals surface area (Å²) in [7, 11) is 4.16. The molecule has 162 valence electrons. The van der Waals surface area contributed by atoms with Gasteiger partial charge in [-0.25, -0.2) is 4.98 Å². The fraction of sp³-hybridized carbons (Fsp3) is 0.750. The lowest BCUT2D eigenvalue weighted by Crippen LogP contribution is -2.43. The number of carbonyl (C=O) groups excluding carboxylic acids is 2. The summed E-state index contributed by atoms with van der Waals surface area (Å²) in [6, 6.07) is 0.0843. The third kappa shape index (κ3) is 6.65. The van der Waals surface area contributed by atoms with Crippen LogP contribution in [0, 0.1) is 5.92 Å². The fourth-order valence-electron chi connectivity index (χ4n) is 4.24. The number of hydrogen-bond donors (Lipinski definition) is 2. The van der Waals surface area contributed by atoms with Crippen LogP contribution in [-0.4, -0.2) is 90.9 Å². The van der Waals surface area contributed by atoms with Crippen LogP contribution in [0.15, 0.2) is 5.38 Å². The van der Waals surface area contributed by atoms with E-state index in [9.17, 15) is 9.59 Å². The van der Waals surface area contributed by atoms with Crippen LogP contribution in [0.25, 0.3) is 0 Å². The Bertz CT molecular complexity index is 696. The molecular formula is C20H34N6O2S. The topological polar surface area (TPSA) is 94.8 Å². The highest BCUT2D eigenvalue weighted by Gasteiger charge is 2.30. The van der Waals surface area contributed by atoms with Crippen molar-refractivity contribution in [1.82, 2.24) is 25.0 Å². The first-order valence-corrected chi connectivity index (χ1v) is 11.4. The van der Waals surface area contributed by atoms with Crippen LogP contribution in [0.4, 0.5) is 5.13 Å². The molecule has 0 aromatic carbocycles. The molecule has 9 heteroatoms. The summed E-state index contributed by atoms with van der Waals surface area (Å²) in [5, 5.41) is 5.59. The summed E-state index contributed by atoms with van der Waals surface area (Å²) in [5.74, 6) is 0.332. The molecule has 0 spiro atoms. The van der Waals surface area contributed by atoms with Gasteiger partial charge in [-0.15, -0.1) is 11.3 Å². The molecule has 2 aliphatic rings. The number of nitrogen functional groups attached to an aromatic ring is 1. The number of amides is 2. The highest BCUT2D eigenvalue weighted by atomic mass is 32.1. The molecule has 1 aromatic heterocycles. The van der Waals surface area contributed by atoms with E-state index in [0.717, 1.165) is 64.2 Å². The molecule has 2 amide bonds. The zero-order valence-corrected chi connectivity index (χ0v) is 18.4. The Kier molecular flexibility index (Phi) is 7.85. The van der Waals surface area contributed by atoms with Crippen molar-refractivity contribution >= 4 is 28.3 Å². The summed E-state index contributed by atoms with van der Waals surface area (Å²) in [4.78, 5) is 36.2. The van der Waals surface area contributed by atoms with Crippen molar-refractivity contribution in [3.8, 4) is 0 Å². The Morgan fingerprint density at radius 2 is 2.00 bits per heavy atom. The SMILES string of the molecule is CN1CCCN(C(=O)[C@@H]2CC[C@H](NC(=O)CCc3csc(N)n3)CN(C)C2)CC1. The average molecular weight is 423 g/mol. The van der Waals surface area contributed by atoms with Crippen molar-refractivity contribution in [2.24, 2.45) is 5.92 Å². The first kappa shape index (κ1) is 22.0. The van der Waals surface area contributed by atoms with E-state index >= 15 is 0 Å². The van der Waals surface area contributed by atoms with Crippen molar-refractivity contribution in [2.45, 2.75) is 38.1 Å². The van der Waals surface area contributed by atoms with Gasteiger partial charge in [0.05, 0.1) is 11.6 Å². The van der Waals surface area contributed by atoms with Gasteiger partial charge in [0.25, 0.3) is 0 Å². The number of nitrogens with one attached hydrogen (secondary N) is 1. The molecule has 2 atom stereocenters. The van der Waals surface area contributed by atoms with Crippen LogP contribution >= 0.6 is 11.3 Å². The van der Waals surface area contributed by atoms with E-state index < -0.39 is 0 Å². The van der Waals surface area contributed by atoms with E-state index in [4.69, 9.17) is 5.73 Å². The summed E-state index contributed by atoms with van der Waals surface area (Å²) >= 11 is 1.40. The Hall–Kier alpha value is -1.71. The summed E-state index contributed by atoms with van der Waals surface area (Å²) in [6.07, 6.45) is 3.71. The molecule has 1 aromatic rings.